The molecule has 1 fully saturated rings. The Morgan fingerprint density at radius 2 is 2.00 bits per heavy atom. The van der Waals surface area contributed by atoms with Gasteiger partial charge in [0, 0.05) is 12.1 Å². The molecule has 0 aromatic heterocycles. The monoisotopic (exact) mass is 343 g/mol. The second-order valence-corrected chi connectivity index (χ2v) is 6.40. The highest BCUT2D eigenvalue weighted by Crippen LogP contribution is 2.40. The lowest BCUT2D eigenvalue weighted by Crippen LogP contribution is -2.64. The lowest BCUT2D eigenvalue weighted by Gasteiger charge is -2.30. The summed E-state index contributed by atoms with van der Waals surface area (Å²) in [4.78, 5) is 24.0. The van der Waals surface area contributed by atoms with Crippen LogP contribution in [0.15, 0.2) is 11.3 Å². The molecule has 0 bridgehead atoms. The van der Waals surface area contributed by atoms with Gasteiger partial charge in [-0.3, -0.25) is 9.59 Å². The number of halogens is 3. The van der Waals surface area contributed by atoms with Gasteiger partial charge in [-0.05, 0) is 19.3 Å². The Bertz CT molecular complexity index is 601. The molecule has 8 heteroatoms. The Morgan fingerprint density at radius 3 is 2.54 bits per heavy atom. The van der Waals surface area contributed by atoms with E-state index >= 15 is 0 Å². The fraction of sp³-hybridized carbons (Fsp3) is 0.688. The summed E-state index contributed by atoms with van der Waals surface area (Å²) in [5.74, 6) is -1.97. The van der Waals surface area contributed by atoms with E-state index in [2.05, 4.69) is 0 Å². The van der Waals surface area contributed by atoms with Crippen LogP contribution >= 0.6 is 0 Å². The molecule has 0 aromatic carbocycles. The molecule has 2 amide bonds. The topological polar surface area (TPSA) is 82.0 Å². The zero-order valence-electron chi connectivity index (χ0n) is 13.4. The first-order valence-electron chi connectivity index (χ1n) is 8.03. The maximum Gasteiger partial charge on any atom is 0.425 e. The molecule has 1 aliphatic heterocycles. The minimum Gasteiger partial charge on any atom is -0.330 e. The third kappa shape index (κ3) is 3.25. The molecule has 24 heavy (non-hydrogen) atoms. The number of carbonyl (C=O) groups is 2. The van der Waals surface area contributed by atoms with Crippen molar-refractivity contribution in [1.29, 1.82) is 5.26 Å². The van der Waals surface area contributed by atoms with Crippen LogP contribution in [0.5, 0.6) is 0 Å². The van der Waals surface area contributed by atoms with Crippen molar-refractivity contribution in [2.45, 2.75) is 63.6 Å². The van der Waals surface area contributed by atoms with Crippen LogP contribution in [0.3, 0.4) is 0 Å². The third-order valence-corrected chi connectivity index (χ3v) is 4.76. The SMILES string of the molecule is CC1=C(C#N)C(NC(=O)CCC2CCCCC2)(C(F)(F)F)C(=O)N1. The van der Waals surface area contributed by atoms with Crippen LogP contribution in [0.4, 0.5) is 13.2 Å². The molecule has 132 valence electrons. The fourth-order valence-corrected chi connectivity index (χ4v) is 3.43. The first kappa shape index (κ1) is 18.3. The Labute approximate surface area is 138 Å². The minimum atomic E-state index is -5.10. The maximum atomic E-state index is 13.6. The molecule has 1 atom stereocenters. The molecule has 5 nitrogen and oxygen atoms in total. The van der Waals surface area contributed by atoms with Gasteiger partial charge in [0.25, 0.3) is 11.4 Å². The maximum absolute atomic E-state index is 13.6. The number of nitrogens with one attached hydrogen (secondary N) is 2. The van der Waals surface area contributed by atoms with Crippen molar-refractivity contribution in [2.24, 2.45) is 5.92 Å². The molecule has 2 rings (SSSR count). The summed E-state index contributed by atoms with van der Waals surface area (Å²) >= 11 is 0. The number of carbonyl (C=O) groups excluding carboxylic acids is 2. The normalized spacial score (nSPS) is 25.4. The number of allylic oxidation sites excluding steroid dienone is 1. The van der Waals surface area contributed by atoms with Crippen molar-refractivity contribution >= 4 is 11.8 Å². The lowest BCUT2D eigenvalue weighted by atomic mass is 9.85. The third-order valence-electron chi connectivity index (χ3n) is 4.76. The van der Waals surface area contributed by atoms with E-state index in [1.807, 2.05) is 5.32 Å². The first-order valence-corrected chi connectivity index (χ1v) is 8.03. The largest absolute Gasteiger partial charge is 0.425 e. The van der Waals surface area contributed by atoms with Crippen LogP contribution in [0.25, 0.3) is 0 Å². The van der Waals surface area contributed by atoms with E-state index in [-0.39, 0.29) is 12.1 Å². The highest BCUT2D eigenvalue weighted by molar-refractivity contribution is 6.00. The van der Waals surface area contributed by atoms with Crippen LogP contribution < -0.4 is 10.6 Å². The van der Waals surface area contributed by atoms with E-state index in [0.717, 1.165) is 32.1 Å². The van der Waals surface area contributed by atoms with Crippen molar-refractivity contribution in [3.63, 3.8) is 0 Å². The standard InChI is InChI=1S/C16H20F3N3O2/c1-10-12(9-20)15(14(24)21-10,16(17,18)19)22-13(23)8-7-11-5-3-2-4-6-11/h11H,2-8H2,1H3,(H,21,24)(H,22,23). The first-order chi connectivity index (χ1) is 11.2. The predicted molar refractivity (Wildman–Crippen MR) is 79.2 cm³/mol. The van der Waals surface area contributed by atoms with Gasteiger partial charge in [-0.15, -0.1) is 0 Å². The molecule has 0 radical (unpaired) electrons. The van der Waals surface area contributed by atoms with Gasteiger partial charge in [0.2, 0.25) is 5.91 Å². The number of nitriles is 1. The zero-order chi connectivity index (χ0) is 18.0. The number of hydrogen-bond acceptors (Lipinski definition) is 3. The lowest BCUT2D eigenvalue weighted by molar-refractivity contribution is -0.189. The van der Waals surface area contributed by atoms with Gasteiger partial charge in [0.05, 0.1) is 11.6 Å². The van der Waals surface area contributed by atoms with Gasteiger partial charge < -0.3 is 10.6 Å². The molecule has 1 saturated carbocycles. The molecule has 0 saturated heterocycles. The van der Waals surface area contributed by atoms with Crippen LogP contribution in [0.1, 0.15) is 51.9 Å². The van der Waals surface area contributed by atoms with E-state index in [4.69, 9.17) is 5.26 Å². The number of amides is 2. The number of hydrogen-bond donors (Lipinski definition) is 2. The number of alkyl halides is 3. The second-order valence-electron chi connectivity index (χ2n) is 6.40. The molecule has 0 aromatic rings. The smallest absolute Gasteiger partial charge is 0.330 e. The van der Waals surface area contributed by atoms with E-state index < -0.39 is 29.1 Å². The highest BCUT2D eigenvalue weighted by Gasteiger charge is 2.67. The molecule has 2 N–H and O–H groups in total. The summed E-state index contributed by atoms with van der Waals surface area (Å²) in [6.45, 7) is 1.21. The van der Waals surface area contributed by atoms with Crippen molar-refractivity contribution in [2.75, 3.05) is 0 Å². The fourth-order valence-electron chi connectivity index (χ4n) is 3.43. The van der Waals surface area contributed by atoms with Crippen molar-refractivity contribution in [3.05, 3.63) is 11.3 Å². The molecule has 1 unspecified atom stereocenters. The minimum absolute atomic E-state index is 0.0897. The summed E-state index contributed by atoms with van der Waals surface area (Å²) in [7, 11) is 0. The van der Waals surface area contributed by atoms with Gasteiger partial charge >= 0.3 is 6.18 Å². The van der Waals surface area contributed by atoms with Crippen molar-refractivity contribution in [3.8, 4) is 6.07 Å². The Hall–Kier alpha value is -2.04. The van der Waals surface area contributed by atoms with Crippen LogP contribution in [-0.2, 0) is 9.59 Å². The van der Waals surface area contributed by atoms with Crippen LogP contribution in [-0.4, -0.2) is 23.5 Å². The van der Waals surface area contributed by atoms with Gasteiger partial charge in [-0.25, -0.2) is 0 Å². The summed E-state index contributed by atoms with van der Waals surface area (Å²) < 4.78 is 40.7. The summed E-state index contributed by atoms with van der Waals surface area (Å²) in [5.41, 5.74) is -4.27. The van der Waals surface area contributed by atoms with E-state index in [1.165, 1.54) is 13.0 Å². The highest BCUT2D eigenvalue weighted by atomic mass is 19.4. The van der Waals surface area contributed by atoms with Gasteiger partial charge in [0.15, 0.2) is 0 Å². The zero-order valence-corrected chi connectivity index (χ0v) is 13.4. The Morgan fingerprint density at radius 1 is 1.38 bits per heavy atom. The average Bonchev–Trinajstić information content (AvgIpc) is 2.76. The second kappa shape index (κ2) is 6.83. The van der Waals surface area contributed by atoms with Gasteiger partial charge in [-0.1, -0.05) is 32.1 Å². The van der Waals surface area contributed by atoms with Crippen LogP contribution in [0.2, 0.25) is 0 Å². The average molecular weight is 343 g/mol. The molecular weight excluding hydrogens is 323 g/mol. The summed E-state index contributed by atoms with van der Waals surface area (Å²) in [6, 6.07) is 1.41. The molecule has 0 spiro atoms. The Kier molecular flexibility index (Phi) is 5.21. The predicted octanol–water partition coefficient (Wildman–Crippen LogP) is 2.69. The number of rotatable bonds is 4. The van der Waals surface area contributed by atoms with Gasteiger partial charge in [0.1, 0.15) is 0 Å². The van der Waals surface area contributed by atoms with E-state index in [9.17, 15) is 22.8 Å². The van der Waals surface area contributed by atoms with E-state index in [1.54, 1.807) is 5.32 Å². The summed E-state index contributed by atoms with van der Waals surface area (Å²) in [5, 5.41) is 12.9. The molecule has 1 aliphatic carbocycles. The molecule has 1 heterocycles. The van der Waals surface area contributed by atoms with E-state index in [0.29, 0.717) is 12.3 Å². The summed E-state index contributed by atoms with van der Waals surface area (Å²) in [6.07, 6.45) is 0.542. The Balaban J connectivity index is 2.14. The quantitative estimate of drug-likeness (QED) is 0.823. The van der Waals surface area contributed by atoms with Crippen LogP contribution in [0, 0.1) is 17.2 Å². The number of nitrogens with zero attached hydrogens (tertiary/aromatic N) is 1. The van der Waals surface area contributed by atoms with Crippen molar-refractivity contribution in [1.82, 2.24) is 10.6 Å². The molecule has 2 aliphatic rings. The van der Waals surface area contributed by atoms with Gasteiger partial charge in [-0.2, -0.15) is 18.4 Å². The van der Waals surface area contributed by atoms with Crippen molar-refractivity contribution < 1.29 is 22.8 Å². The molecular formula is C16H20F3N3O2.